The number of amides is 2. The quantitative estimate of drug-likeness (QED) is 0.839. The smallest absolute Gasteiger partial charge is 0.253 e. The first kappa shape index (κ1) is 19.6. The van der Waals surface area contributed by atoms with Crippen molar-refractivity contribution in [2.45, 2.75) is 58.6 Å². The Morgan fingerprint density at radius 3 is 2.86 bits per heavy atom. The molecule has 0 aliphatic carbocycles. The standard InChI is InChI=1S/C22H27N3O4/c1-14-19(15(2)29-24-14)7-8-21(26)25-10-9-16-5-6-18(12-17(16)13-25)23-22(27)20-4-3-11-28-20/h5-6,12,20H,3-4,7-11,13H2,1-2H3,(H,23,27). The summed E-state index contributed by atoms with van der Waals surface area (Å²) in [5.41, 5.74) is 4.96. The Bertz CT molecular complexity index is 895. The van der Waals surface area contributed by atoms with E-state index in [1.807, 2.05) is 36.9 Å². The van der Waals surface area contributed by atoms with E-state index in [2.05, 4.69) is 10.5 Å². The lowest BCUT2D eigenvalue weighted by molar-refractivity contribution is -0.132. The molecule has 1 fully saturated rings. The van der Waals surface area contributed by atoms with Crippen LogP contribution in [-0.2, 0) is 33.7 Å². The van der Waals surface area contributed by atoms with Crippen LogP contribution in [0.2, 0.25) is 0 Å². The first-order chi connectivity index (χ1) is 14.0. The average Bonchev–Trinajstić information content (AvgIpc) is 3.36. The van der Waals surface area contributed by atoms with Crippen molar-refractivity contribution in [2.75, 3.05) is 18.5 Å². The van der Waals surface area contributed by atoms with Crippen molar-refractivity contribution in [3.05, 3.63) is 46.3 Å². The Hall–Kier alpha value is -2.67. The lowest BCUT2D eigenvalue weighted by atomic mass is 9.98. The topological polar surface area (TPSA) is 84.7 Å². The summed E-state index contributed by atoms with van der Waals surface area (Å²) in [4.78, 5) is 26.9. The van der Waals surface area contributed by atoms with Crippen LogP contribution in [0, 0.1) is 13.8 Å². The van der Waals surface area contributed by atoms with E-state index in [9.17, 15) is 9.59 Å². The molecular weight excluding hydrogens is 370 g/mol. The van der Waals surface area contributed by atoms with Crippen LogP contribution >= 0.6 is 0 Å². The Kier molecular flexibility index (Phi) is 5.67. The molecule has 1 aromatic heterocycles. The highest BCUT2D eigenvalue weighted by Crippen LogP contribution is 2.25. The molecule has 1 saturated heterocycles. The number of aryl methyl sites for hydroxylation is 2. The fourth-order valence-corrected chi connectivity index (χ4v) is 4.10. The van der Waals surface area contributed by atoms with Gasteiger partial charge in [-0.05, 0) is 62.8 Å². The number of benzene rings is 1. The second-order valence-electron chi connectivity index (χ2n) is 7.84. The molecule has 7 heteroatoms. The fraction of sp³-hybridized carbons (Fsp3) is 0.500. The highest BCUT2D eigenvalue weighted by atomic mass is 16.5. The largest absolute Gasteiger partial charge is 0.368 e. The molecule has 0 spiro atoms. The van der Waals surface area contributed by atoms with Gasteiger partial charge in [-0.1, -0.05) is 11.2 Å². The van der Waals surface area contributed by atoms with Crippen molar-refractivity contribution in [3.63, 3.8) is 0 Å². The molecule has 1 aromatic carbocycles. The summed E-state index contributed by atoms with van der Waals surface area (Å²) in [5, 5.41) is 6.90. The molecule has 1 unspecified atom stereocenters. The van der Waals surface area contributed by atoms with Crippen LogP contribution in [0.3, 0.4) is 0 Å². The predicted molar refractivity (Wildman–Crippen MR) is 107 cm³/mol. The first-order valence-electron chi connectivity index (χ1n) is 10.2. The van der Waals surface area contributed by atoms with Gasteiger partial charge in [-0.15, -0.1) is 0 Å². The predicted octanol–water partition coefficient (Wildman–Crippen LogP) is 2.93. The average molecular weight is 397 g/mol. The maximum Gasteiger partial charge on any atom is 0.253 e. The van der Waals surface area contributed by atoms with Crippen molar-refractivity contribution in [1.82, 2.24) is 10.1 Å². The Labute approximate surface area is 170 Å². The summed E-state index contributed by atoms with van der Waals surface area (Å²) in [6.07, 6.45) is 3.24. The molecule has 29 heavy (non-hydrogen) atoms. The van der Waals surface area contributed by atoms with Crippen molar-refractivity contribution in [3.8, 4) is 0 Å². The number of carbonyl (C=O) groups is 2. The number of aromatic nitrogens is 1. The van der Waals surface area contributed by atoms with E-state index in [1.165, 1.54) is 5.56 Å². The third kappa shape index (κ3) is 4.34. The number of hydrogen-bond acceptors (Lipinski definition) is 5. The van der Waals surface area contributed by atoms with Crippen molar-refractivity contribution in [1.29, 1.82) is 0 Å². The number of anilines is 1. The van der Waals surface area contributed by atoms with Gasteiger partial charge in [0.2, 0.25) is 5.91 Å². The van der Waals surface area contributed by atoms with E-state index in [-0.39, 0.29) is 17.9 Å². The van der Waals surface area contributed by atoms with Crippen molar-refractivity contribution < 1.29 is 18.8 Å². The Morgan fingerprint density at radius 2 is 2.14 bits per heavy atom. The van der Waals surface area contributed by atoms with Crippen LogP contribution in [0.4, 0.5) is 5.69 Å². The van der Waals surface area contributed by atoms with Gasteiger partial charge in [-0.2, -0.15) is 0 Å². The summed E-state index contributed by atoms with van der Waals surface area (Å²) < 4.78 is 10.6. The molecule has 1 atom stereocenters. The Balaban J connectivity index is 1.38. The van der Waals surface area contributed by atoms with Crippen LogP contribution in [0.15, 0.2) is 22.7 Å². The number of fused-ring (bicyclic) bond motifs is 1. The molecule has 0 radical (unpaired) electrons. The first-order valence-corrected chi connectivity index (χ1v) is 10.2. The second kappa shape index (κ2) is 8.37. The summed E-state index contributed by atoms with van der Waals surface area (Å²) >= 11 is 0. The number of rotatable bonds is 5. The van der Waals surface area contributed by atoms with E-state index in [1.54, 1.807) is 0 Å². The number of nitrogens with one attached hydrogen (secondary N) is 1. The van der Waals surface area contributed by atoms with Crippen LogP contribution in [0.5, 0.6) is 0 Å². The molecular formula is C22H27N3O4. The van der Waals surface area contributed by atoms with E-state index in [4.69, 9.17) is 9.26 Å². The molecule has 0 saturated carbocycles. The lowest BCUT2D eigenvalue weighted by Crippen LogP contribution is -2.36. The van der Waals surface area contributed by atoms with Gasteiger partial charge >= 0.3 is 0 Å². The molecule has 0 bridgehead atoms. The minimum absolute atomic E-state index is 0.0920. The van der Waals surface area contributed by atoms with Gasteiger partial charge in [0.1, 0.15) is 11.9 Å². The zero-order valence-corrected chi connectivity index (χ0v) is 17.0. The van der Waals surface area contributed by atoms with E-state index >= 15 is 0 Å². The zero-order chi connectivity index (χ0) is 20.4. The van der Waals surface area contributed by atoms with Gasteiger partial charge in [-0.3, -0.25) is 9.59 Å². The minimum Gasteiger partial charge on any atom is -0.368 e. The molecule has 3 heterocycles. The van der Waals surface area contributed by atoms with Gasteiger partial charge in [0.05, 0.1) is 5.69 Å². The Morgan fingerprint density at radius 1 is 1.28 bits per heavy atom. The summed E-state index contributed by atoms with van der Waals surface area (Å²) in [6, 6.07) is 5.96. The molecule has 2 amide bonds. The molecule has 1 N–H and O–H groups in total. The van der Waals surface area contributed by atoms with Crippen molar-refractivity contribution >= 4 is 17.5 Å². The summed E-state index contributed by atoms with van der Waals surface area (Å²) in [5.74, 6) is 0.820. The fourth-order valence-electron chi connectivity index (χ4n) is 4.10. The van der Waals surface area contributed by atoms with Gasteiger partial charge in [-0.25, -0.2) is 0 Å². The number of hydrogen-bond donors (Lipinski definition) is 1. The summed E-state index contributed by atoms with van der Waals surface area (Å²) in [6.45, 7) is 5.71. The van der Waals surface area contributed by atoms with Crippen molar-refractivity contribution in [2.24, 2.45) is 0 Å². The van der Waals surface area contributed by atoms with Crippen LogP contribution < -0.4 is 5.32 Å². The van der Waals surface area contributed by atoms with Gasteiger partial charge < -0.3 is 19.5 Å². The maximum absolute atomic E-state index is 12.8. The van der Waals surface area contributed by atoms with Gasteiger partial charge in [0, 0.05) is 37.4 Å². The normalized spacial score (nSPS) is 18.6. The SMILES string of the molecule is Cc1noc(C)c1CCC(=O)N1CCc2ccc(NC(=O)C3CCCO3)cc2C1. The molecule has 2 aromatic rings. The number of nitrogens with zero attached hydrogens (tertiary/aromatic N) is 2. The molecule has 2 aliphatic rings. The highest BCUT2D eigenvalue weighted by molar-refractivity contribution is 5.94. The number of carbonyl (C=O) groups excluding carboxylic acids is 2. The van der Waals surface area contributed by atoms with Crippen LogP contribution in [0.1, 0.15) is 47.4 Å². The minimum atomic E-state index is -0.353. The number of ether oxygens (including phenoxy) is 1. The third-order valence-corrected chi connectivity index (χ3v) is 5.83. The van der Waals surface area contributed by atoms with E-state index in [0.29, 0.717) is 26.0 Å². The maximum atomic E-state index is 12.8. The zero-order valence-electron chi connectivity index (χ0n) is 17.0. The third-order valence-electron chi connectivity index (χ3n) is 5.83. The van der Waals surface area contributed by atoms with E-state index in [0.717, 1.165) is 54.1 Å². The van der Waals surface area contributed by atoms with E-state index < -0.39 is 0 Å². The molecule has 4 rings (SSSR count). The molecule has 7 nitrogen and oxygen atoms in total. The lowest BCUT2D eigenvalue weighted by Gasteiger charge is -2.29. The second-order valence-corrected chi connectivity index (χ2v) is 7.84. The van der Waals surface area contributed by atoms with Crippen LogP contribution in [-0.4, -0.2) is 41.1 Å². The van der Waals surface area contributed by atoms with Gasteiger partial charge in [0.25, 0.3) is 5.91 Å². The van der Waals surface area contributed by atoms with Crippen LogP contribution in [0.25, 0.3) is 0 Å². The summed E-state index contributed by atoms with van der Waals surface area (Å²) in [7, 11) is 0. The highest BCUT2D eigenvalue weighted by Gasteiger charge is 2.25. The molecule has 2 aliphatic heterocycles. The monoisotopic (exact) mass is 397 g/mol. The van der Waals surface area contributed by atoms with Gasteiger partial charge in [0.15, 0.2) is 0 Å². The molecule has 154 valence electrons.